The van der Waals surface area contributed by atoms with Gasteiger partial charge in [0.15, 0.2) is 0 Å². The summed E-state index contributed by atoms with van der Waals surface area (Å²) >= 11 is 0. The molecule has 0 aliphatic heterocycles. The lowest BCUT2D eigenvalue weighted by Crippen LogP contribution is -2.36. The number of hydrogen-bond acceptors (Lipinski definition) is 3. The van der Waals surface area contributed by atoms with Crippen molar-refractivity contribution in [3.63, 3.8) is 0 Å². The Morgan fingerprint density at radius 3 is 2.35 bits per heavy atom. The van der Waals surface area contributed by atoms with Gasteiger partial charge in [0.25, 0.3) is 0 Å². The molecule has 1 amide bonds. The molecule has 0 aromatic heterocycles. The molecule has 0 saturated heterocycles. The van der Waals surface area contributed by atoms with Crippen LogP contribution in [0.2, 0.25) is 0 Å². The van der Waals surface area contributed by atoms with Crippen LogP contribution in [0.15, 0.2) is 77.7 Å². The molecule has 3 aromatic carbocycles. The van der Waals surface area contributed by atoms with Crippen LogP contribution in [0.5, 0.6) is 0 Å². The van der Waals surface area contributed by atoms with Crippen molar-refractivity contribution < 1.29 is 13.2 Å². The highest BCUT2D eigenvalue weighted by atomic mass is 32.2. The van der Waals surface area contributed by atoms with Crippen molar-refractivity contribution in [1.29, 1.82) is 0 Å². The molecule has 1 aliphatic carbocycles. The number of benzene rings is 3. The van der Waals surface area contributed by atoms with Gasteiger partial charge in [0, 0.05) is 17.8 Å². The highest BCUT2D eigenvalue weighted by Crippen LogP contribution is 2.22. The molecule has 1 aliphatic rings. The predicted molar refractivity (Wildman–Crippen MR) is 125 cm³/mol. The van der Waals surface area contributed by atoms with E-state index in [2.05, 4.69) is 10.0 Å². The van der Waals surface area contributed by atoms with E-state index in [0.29, 0.717) is 5.69 Å². The monoisotopic (exact) mass is 434 g/mol. The van der Waals surface area contributed by atoms with E-state index in [0.717, 1.165) is 42.0 Å². The Bertz CT molecular complexity index is 1190. The predicted octanol–water partition coefficient (Wildman–Crippen LogP) is 5.10. The first-order valence-electron chi connectivity index (χ1n) is 10.6. The van der Waals surface area contributed by atoms with Crippen molar-refractivity contribution in [1.82, 2.24) is 4.72 Å². The summed E-state index contributed by atoms with van der Waals surface area (Å²) < 4.78 is 28.0. The summed E-state index contributed by atoms with van der Waals surface area (Å²) in [7, 11) is -3.55. The van der Waals surface area contributed by atoms with Gasteiger partial charge in [0.05, 0.1) is 4.90 Å². The number of nitrogens with one attached hydrogen (secondary N) is 2. The van der Waals surface area contributed by atoms with Crippen molar-refractivity contribution in [2.45, 2.75) is 43.0 Å². The summed E-state index contributed by atoms with van der Waals surface area (Å²) in [5, 5.41) is 4.97. The second kappa shape index (κ2) is 9.45. The zero-order valence-corrected chi connectivity index (χ0v) is 18.1. The van der Waals surface area contributed by atoms with Crippen LogP contribution < -0.4 is 10.0 Å². The van der Waals surface area contributed by atoms with Crippen molar-refractivity contribution in [3.8, 4) is 0 Å². The lowest BCUT2D eigenvalue weighted by atomic mass is 9.96. The molecule has 1 saturated carbocycles. The minimum absolute atomic E-state index is 0.0114. The number of hydrogen-bond donors (Lipinski definition) is 2. The van der Waals surface area contributed by atoms with Gasteiger partial charge < -0.3 is 5.32 Å². The van der Waals surface area contributed by atoms with Gasteiger partial charge in [-0.3, -0.25) is 4.79 Å². The summed E-state index contributed by atoms with van der Waals surface area (Å²) in [5.74, 6) is -0.274. The summed E-state index contributed by atoms with van der Waals surface area (Å²) in [6, 6.07) is 20.2. The summed E-state index contributed by atoms with van der Waals surface area (Å²) in [4.78, 5) is 12.5. The van der Waals surface area contributed by atoms with Crippen LogP contribution in [-0.4, -0.2) is 20.4 Å². The van der Waals surface area contributed by atoms with Gasteiger partial charge in [-0.25, -0.2) is 13.1 Å². The lowest BCUT2D eigenvalue weighted by molar-refractivity contribution is -0.111. The maximum atomic E-state index is 12.6. The average molecular weight is 435 g/mol. The first kappa shape index (κ1) is 21.3. The normalized spacial score (nSPS) is 15.4. The zero-order chi connectivity index (χ0) is 21.7. The molecule has 1 fully saturated rings. The van der Waals surface area contributed by atoms with E-state index in [4.69, 9.17) is 0 Å². The quantitative estimate of drug-likeness (QED) is 0.530. The highest BCUT2D eigenvalue weighted by Gasteiger charge is 2.21. The number of anilines is 1. The molecule has 0 bridgehead atoms. The maximum Gasteiger partial charge on any atom is 0.248 e. The molecule has 4 rings (SSSR count). The third kappa shape index (κ3) is 5.40. The lowest BCUT2D eigenvalue weighted by Gasteiger charge is -2.22. The van der Waals surface area contributed by atoms with E-state index in [1.165, 1.54) is 24.6 Å². The van der Waals surface area contributed by atoms with Crippen LogP contribution in [-0.2, 0) is 14.8 Å². The smallest absolute Gasteiger partial charge is 0.248 e. The standard InChI is InChI=1S/C25H26N2O3S/c28-25(18-13-20-9-6-8-19-7-4-5-12-24(19)20)26-21-14-16-23(17-15-21)31(29,30)27-22-10-2-1-3-11-22/h4-9,12-18,22,27H,1-3,10-11H2,(H,26,28)/b18-13+. The van der Waals surface area contributed by atoms with Gasteiger partial charge in [0.2, 0.25) is 15.9 Å². The molecule has 5 nitrogen and oxygen atoms in total. The first-order valence-corrected chi connectivity index (χ1v) is 12.1. The highest BCUT2D eigenvalue weighted by molar-refractivity contribution is 7.89. The van der Waals surface area contributed by atoms with Crippen LogP contribution in [0.4, 0.5) is 5.69 Å². The Balaban J connectivity index is 1.40. The fourth-order valence-corrected chi connectivity index (χ4v) is 5.28. The van der Waals surface area contributed by atoms with Gasteiger partial charge in [-0.2, -0.15) is 0 Å². The van der Waals surface area contributed by atoms with E-state index in [-0.39, 0.29) is 16.8 Å². The number of sulfonamides is 1. The zero-order valence-electron chi connectivity index (χ0n) is 17.3. The molecule has 2 N–H and O–H groups in total. The SMILES string of the molecule is O=C(/C=C/c1cccc2ccccc12)Nc1ccc(S(=O)(=O)NC2CCCCC2)cc1. The Labute approximate surface area is 183 Å². The Morgan fingerprint density at radius 1 is 0.871 bits per heavy atom. The largest absolute Gasteiger partial charge is 0.323 e. The minimum atomic E-state index is -3.55. The minimum Gasteiger partial charge on any atom is -0.323 e. The summed E-state index contributed by atoms with van der Waals surface area (Å²) in [6.07, 6.45) is 8.32. The maximum absolute atomic E-state index is 12.6. The second-order valence-electron chi connectivity index (χ2n) is 7.87. The number of fused-ring (bicyclic) bond motifs is 1. The molecule has 3 aromatic rings. The fourth-order valence-electron chi connectivity index (χ4n) is 3.97. The van der Waals surface area contributed by atoms with Crippen molar-refractivity contribution in [2.75, 3.05) is 5.32 Å². The molecule has 0 atom stereocenters. The number of carbonyl (C=O) groups excluding carboxylic acids is 1. The Hall–Kier alpha value is -2.96. The Kier molecular flexibility index (Phi) is 6.49. The van der Waals surface area contributed by atoms with E-state index < -0.39 is 10.0 Å². The number of rotatable bonds is 6. The molecule has 6 heteroatoms. The van der Waals surface area contributed by atoms with Crippen LogP contribution in [0.25, 0.3) is 16.8 Å². The van der Waals surface area contributed by atoms with E-state index in [9.17, 15) is 13.2 Å². The molecule has 0 radical (unpaired) electrons. The molecule has 0 spiro atoms. The molecule has 160 valence electrons. The molecular formula is C25H26N2O3S. The molecule has 0 unspecified atom stereocenters. The third-order valence-electron chi connectivity index (χ3n) is 5.60. The van der Waals surface area contributed by atoms with Gasteiger partial charge in [-0.05, 0) is 59.5 Å². The number of carbonyl (C=O) groups is 1. The first-order chi connectivity index (χ1) is 15.0. The van der Waals surface area contributed by atoms with Gasteiger partial charge in [-0.15, -0.1) is 0 Å². The topological polar surface area (TPSA) is 75.3 Å². The van der Waals surface area contributed by atoms with E-state index >= 15 is 0 Å². The van der Waals surface area contributed by atoms with Crippen LogP contribution in [0.1, 0.15) is 37.7 Å². The summed E-state index contributed by atoms with van der Waals surface area (Å²) in [6.45, 7) is 0. The van der Waals surface area contributed by atoms with Crippen molar-refractivity contribution in [2.24, 2.45) is 0 Å². The molecule has 0 heterocycles. The van der Waals surface area contributed by atoms with Crippen molar-refractivity contribution in [3.05, 3.63) is 78.4 Å². The molecule has 31 heavy (non-hydrogen) atoms. The van der Waals surface area contributed by atoms with E-state index in [1.54, 1.807) is 18.2 Å². The van der Waals surface area contributed by atoms with Crippen LogP contribution in [0, 0.1) is 0 Å². The van der Waals surface area contributed by atoms with Crippen molar-refractivity contribution >= 4 is 38.5 Å². The van der Waals surface area contributed by atoms with Crippen LogP contribution in [0.3, 0.4) is 0 Å². The Morgan fingerprint density at radius 2 is 1.58 bits per heavy atom. The number of amides is 1. The second-order valence-corrected chi connectivity index (χ2v) is 9.59. The van der Waals surface area contributed by atoms with Gasteiger partial charge >= 0.3 is 0 Å². The molecular weight excluding hydrogens is 408 g/mol. The third-order valence-corrected chi connectivity index (χ3v) is 7.13. The summed E-state index contributed by atoms with van der Waals surface area (Å²) in [5.41, 5.74) is 1.51. The average Bonchev–Trinajstić information content (AvgIpc) is 2.78. The van der Waals surface area contributed by atoms with E-state index in [1.807, 2.05) is 42.5 Å². The van der Waals surface area contributed by atoms with Gasteiger partial charge in [-0.1, -0.05) is 61.7 Å². The van der Waals surface area contributed by atoms with Crippen LogP contribution >= 0.6 is 0 Å². The fraction of sp³-hybridized carbons (Fsp3) is 0.240. The van der Waals surface area contributed by atoms with Gasteiger partial charge in [0.1, 0.15) is 0 Å².